The van der Waals surface area contributed by atoms with Crippen molar-refractivity contribution in [1.29, 1.82) is 0 Å². The lowest BCUT2D eigenvalue weighted by Crippen LogP contribution is -2.35. The highest BCUT2D eigenvalue weighted by Gasteiger charge is 2.24. The summed E-state index contributed by atoms with van der Waals surface area (Å²) in [5.74, 6) is 1.03. The number of rotatable bonds is 9. The summed E-state index contributed by atoms with van der Waals surface area (Å²) in [5, 5.41) is 2.89. The molecule has 0 fully saturated rings. The quantitative estimate of drug-likeness (QED) is 0.613. The number of carbonyl (C=O) groups is 1. The molecule has 0 aliphatic carbocycles. The van der Waals surface area contributed by atoms with Gasteiger partial charge in [0.2, 0.25) is 15.8 Å². The van der Waals surface area contributed by atoms with Gasteiger partial charge in [0.05, 0.1) is 26.1 Å². The van der Waals surface area contributed by atoms with E-state index in [0.29, 0.717) is 67.8 Å². The third-order valence-electron chi connectivity index (χ3n) is 5.08. The van der Waals surface area contributed by atoms with Crippen molar-refractivity contribution < 1.29 is 27.4 Å². The lowest BCUT2D eigenvalue weighted by Gasteiger charge is -2.27. The summed E-state index contributed by atoms with van der Waals surface area (Å²) in [6.45, 7) is 7.61. The number of fused-ring (bicyclic) bond motifs is 1. The average molecular weight is 463 g/mol. The molecule has 0 atom stereocenters. The zero-order valence-electron chi connectivity index (χ0n) is 18.9. The Morgan fingerprint density at radius 3 is 2.16 bits per heavy atom. The molecule has 3 rings (SSSR count). The maximum Gasteiger partial charge on any atom is 0.255 e. The van der Waals surface area contributed by atoms with E-state index in [1.807, 2.05) is 39.0 Å². The highest BCUT2D eigenvalue weighted by molar-refractivity contribution is 7.88. The fraction of sp³-hybridized carbons (Fsp3) is 0.435. The number of amides is 1. The summed E-state index contributed by atoms with van der Waals surface area (Å²) >= 11 is 0. The molecule has 0 radical (unpaired) electrons. The molecule has 2 aromatic rings. The van der Waals surface area contributed by atoms with Crippen LogP contribution in [0.3, 0.4) is 0 Å². The Morgan fingerprint density at radius 2 is 1.59 bits per heavy atom. The minimum absolute atomic E-state index is 0.296. The van der Waals surface area contributed by atoms with Gasteiger partial charge in [-0.2, -0.15) is 4.31 Å². The summed E-state index contributed by atoms with van der Waals surface area (Å²) in [7, 11) is -3.27. The maximum absolute atomic E-state index is 13.0. The topological polar surface area (TPSA) is 94.2 Å². The van der Waals surface area contributed by atoms with Gasteiger partial charge in [0.15, 0.2) is 11.5 Å². The molecule has 1 N–H and O–H groups in total. The van der Waals surface area contributed by atoms with Gasteiger partial charge in [-0.05, 0) is 62.6 Å². The van der Waals surface area contributed by atoms with Crippen LogP contribution < -0.4 is 19.5 Å². The highest BCUT2D eigenvalue weighted by Crippen LogP contribution is 2.39. The van der Waals surface area contributed by atoms with Gasteiger partial charge in [-0.1, -0.05) is 6.07 Å². The fourth-order valence-corrected chi connectivity index (χ4v) is 4.41. The molecule has 0 saturated carbocycles. The maximum atomic E-state index is 13.0. The number of sulfonamides is 1. The predicted molar refractivity (Wildman–Crippen MR) is 123 cm³/mol. The molecule has 2 aromatic carbocycles. The van der Waals surface area contributed by atoms with Crippen molar-refractivity contribution in [2.75, 3.05) is 37.9 Å². The molecule has 0 saturated heterocycles. The minimum Gasteiger partial charge on any atom is -0.490 e. The van der Waals surface area contributed by atoms with Gasteiger partial charge < -0.3 is 19.5 Å². The van der Waals surface area contributed by atoms with Crippen LogP contribution in [0.4, 0.5) is 5.69 Å². The first kappa shape index (κ1) is 23.9. The van der Waals surface area contributed by atoms with E-state index in [-0.39, 0.29) is 5.91 Å². The molecule has 1 aliphatic rings. The Morgan fingerprint density at radius 1 is 0.969 bits per heavy atom. The first-order valence-corrected chi connectivity index (χ1v) is 12.6. The van der Waals surface area contributed by atoms with Crippen LogP contribution in [0, 0.1) is 0 Å². The third kappa shape index (κ3) is 5.52. The Bertz CT molecular complexity index is 1060. The van der Waals surface area contributed by atoms with E-state index in [9.17, 15) is 13.2 Å². The zero-order chi connectivity index (χ0) is 23.3. The van der Waals surface area contributed by atoms with Gasteiger partial charge >= 0.3 is 0 Å². The molecule has 174 valence electrons. The van der Waals surface area contributed by atoms with Crippen molar-refractivity contribution in [3.63, 3.8) is 0 Å². The number of hydrogen-bond donors (Lipinski definition) is 1. The summed E-state index contributed by atoms with van der Waals surface area (Å²) in [4.78, 5) is 13.0. The Labute approximate surface area is 189 Å². The van der Waals surface area contributed by atoms with Gasteiger partial charge in [0.25, 0.3) is 5.91 Å². The molecule has 1 aliphatic heterocycles. The average Bonchev–Trinajstić information content (AvgIpc) is 2.75. The predicted octanol–water partition coefficient (Wildman–Crippen LogP) is 3.45. The number of ether oxygens (including phenoxy) is 3. The summed E-state index contributed by atoms with van der Waals surface area (Å²) < 4.78 is 42.3. The van der Waals surface area contributed by atoms with E-state index in [2.05, 4.69) is 5.32 Å². The molecule has 32 heavy (non-hydrogen) atoms. The number of anilines is 1. The van der Waals surface area contributed by atoms with Crippen molar-refractivity contribution in [3.05, 3.63) is 47.0 Å². The molecule has 0 bridgehead atoms. The number of nitrogens with one attached hydrogen (secondary N) is 1. The van der Waals surface area contributed by atoms with E-state index >= 15 is 0 Å². The number of nitrogens with zero attached hydrogens (tertiary/aromatic N) is 1. The van der Waals surface area contributed by atoms with E-state index in [4.69, 9.17) is 14.2 Å². The van der Waals surface area contributed by atoms with Gasteiger partial charge in [-0.3, -0.25) is 4.79 Å². The zero-order valence-corrected chi connectivity index (χ0v) is 19.8. The SMILES string of the molecule is CCOc1cc(C(=O)Nc2ccc3c(c2)CN(S(C)(=O)=O)CC3)cc(OCC)c1OCC. The molecule has 9 heteroatoms. The van der Waals surface area contributed by atoms with Crippen LogP contribution in [0.15, 0.2) is 30.3 Å². The molecule has 0 aromatic heterocycles. The Balaban J connectivity index is 1.87. The van der Waals surface area contributed by atoms with Crippen molar-refractivity contribution in [3.8, 4) is 17.2 Å². The van der Waals surface area contributed by atoms with Crippen molar-refractivity contribution >= 4 is 21.6 Å². The molecular formula is C23H30N2O6S. The monoisotopic (exact) mass is 462 g/mol. The highest BCUT2D eigenvalue weighted by atomic mass is 32.2. The minimum atomic E-state index is -3.27. The fourth-order valence-electron chi connectivity index (χ4n) is 3.62. The Hall–Kier alpha value is -2.78. The summed E-state index contributed by atoms with van der Waals surface area (Å²) in [6.07, 6.45) is 1.85. The standard InChI is InChI=1S/C23H30N2O6S/c1-5-29-20-13-17(14-21(30-6-2)22(20)31-7-3)23(26)24-19-9-8-16-10-11-25(32(4,27)28)15-18(16)12-19/h8-9,12-14H,5-7,10-11,15H2,1-4H3,(H,24,26). The van der Waals surface area contributed by atoms with E-state index in [0.717, 1.165) is 11.1 Å². The van der Waals surface area contributed by atoms with Crippen LogP contribution in [-0.4, -0.2) is 51.3 Å². The van der Waals surface area contributed by atoms with Crippen molar-refractivity contribution in [2.45, 2.75) is 33.7 Å². The summed E-state index contributed by atoms with van der Waals surface area (Å²) in [5.41, 5.74) is 2.93. The summed E-state index contributed by atoms with van der Waals surface area (Å²) in [6, 6.07) is 8.85. The van der Waals surface area contributed by atoms with Crippen LogP contribution in [-0.2, 0) is 23.0 Å². The van der Waals surface area contributed by atoms with E-state index < -0.39 is 10.0 Å². The van der Waals surface area contributed by atoms with Crippen LogP contribution in [0.1, 0.15) is 42.3 Å². The second-order valence-electron chi connectivity index (χ2n) is 7.38. The third-order valence-corrected chi connectivity index (χ3v) is 6.33. The number of benzene rings is 2. The molecule has 0 unspecified atom stereocenters. The first-order chi connectivity index (χ1) is 15.3. The van der Waals surface area contributed by atoms with Crippen LogP contribution in [0.25, 0.3) is 0 Å². The molecular weight excluding hydrogens is 432 g/mol. The van der Waals surface area contributed by atoms with Gasteiger partial charge in [-0.15, -0.1) is 0 Å². The van der Waals surface area contributed by atoms with Crippen LogP contribution in [0.2, 0.25) is 0 Å². The van der Waals surface area contributed by atoms with E-state index in [1.54, 1.807) is 12.1 Å². The lowest BCUT2D eigenvalue weighted by atomic mass is 10.0. The largest absolute Gasteiger partial charge is 0.490 e. The van der Waals surface area contributed by atoms with E-state index in [1.165, 1.54) is 10.6 Å². The second kappa shape index (κ2) is 10.2. The molecule has 8 nitrogen and oxygen atoms in total. The Kier molecular flexibility index (Phi) is 7.63. The van der Waals surface area contributed by atoms with Crippen molar-refractivity contribution in [2.24, 2.45) is 0 Å². The smallest absolute Gasteiger partial charge is 0.255 e. The second-order valence-corrected chi connectivity index (χ2v) is 9.37. The van der Waals surface area contributed by atoms with Crippen LogP contribution in [0.5, 0.6) is 17.2 Å². The number of hydrogen-bond acceptors (Lipinski definition) is 6. The van der Waals surface area contributed by atoms with Gasteiger partial charge in [0, 0.05) is 24.3 Å². The lowest BCUT2D eigenvalue weighted by molar-refractivity contribution is 0.102. The van der Waals surface area contributed by atoms with Gasteiger partial charge in [0.1, 0.15) is 0 Å². The van der Waals surface area contributed by atoms with Gasteiger partial charge in [-0.25, -0.2) is 8.42 Å². The van der Waals surface area contributed by atoms with Crippen molar-refractivity contribution in [1.82, 2.24) is 4.31 Å². The molecule has 0 spiro atoms. The molecule has 1 amide bonds. The van der Waals surface area contributed by atoms with Crippen LogP contribution >= 0.6 is 0 Å². The molecule has 1 heterocycles. The normalized spacial score (nSPS) is 13.9. The first-order valence-electron chi connectivity index (χ1n) is 10.7. The number of carbonyl (C=O) groups excluding carboxylic acids is 1.